The molecule has 152 valence electrons. The fourth-order valence-electron chi connectivity index (χ4n) is 2.27. The number of aliphatic imine (C=N–C) groups is 1. The second-order valence-corrected chi connectivity index (χ2v) is 5.90. The Labute approximate surface area is 160 Å². The monoisotopic (exact) mass is 398 g/mol. The standard InChI is InChI=1S/C18H22F4N6/c1-3-23-16(27-11-13-4-5-14(19)12(2)10-13)25-8-9-26-17-24-7-6-15(28-17)18(20,21)22/h4-7,10H,3,8-9,11H2,1-2H3,(H2,23,25,27)(H,24,26,28). The van der Waals surface area contributed by atoms with E-state index in [4.69, 9.17) is 0 Å². The molecule has 0 aliphatic heterocycles. The van der Waals surface area contributed by atoms with Gasteiger partial charge in [0.25, 0.3) is 0 Å². The summed E-state index contributed by atoms with van der Waals surface area (Å²) >= 11 is 0. The zero-order chi connectivity index (χ0) is 20.6. The molecule has 28 heavy (non-hydrogen) atoms. The molecule has 2 aromatic rings. The van der Waals surface area contributed by atoms with E-state index in [1.165, 1.54) is 6.07 Å². The predicted molar refractivity (Wildman–Crippen MR) is 99.5 cm³/mol. The van der Waals surface area contributed by atoms with Crippen LogP contribution in [0.4, 0.5) is 23.5 Å². The van der Waals surface area contributed by atoms with Crippen molar-refractivity contribution in [2.45, 2.75) is 26.6 Å². The molecule has 0 saturated carbocycles. The summed E-state index contributed by atoms with van der Waals surface area (Å²) in [7, 11) is 0. The Kier molecular flexibility index (Phi) is 7.53. The molecule has 10 heteroatoms. The molecule has 0 bridgehead atoms. The van der Waals surface area contributed by atoms with Crippen molar-refractivity contribution in [3.8, 4) is 0 Å². The van der Waals surface area contributed by atoms with E-state index in [0.717, 1.165) is 17.8 Å². The van der Waals surface area contributed by atoms with Gasteiger partial charge in [-0.05, 0) is 37.1 Å². The Morgan fingerprint density at radius 2 is 1.93 bits per heavy atom. The highest BCUT2D eigenvalue weighted by molar-refractivity contribution is 5.79. The van der Waals surface area contributed by atoms with E-state index in [2.05, 4.69) is 30.9 Å². The van der Waals surface area contributed by atoms with Crippen LogP contribution in [0, 0.1) is 12.7 Å². The van der Waals surface area contributed by atoms with Crippen LogP contribution in [0.25, 0.3) is 0 Å². The molecule has 1 aromatic heterocycles. The third-order valence-electron chi connectivity index (χ3n) is 3.63. The van der Waals surface area contributed by atoms with Crippen molar-refractivity contribution in [2.75, 3.05) is 25.0 Å². The van der Waals surface area contributed by atoms with E-state index in [1.807, 2.05) is 6.92 Å². The van der Waals surface area contributed by atoms with Gasteiger partial charge in [0, 0.05) is 25.8 Å². The van der Waals surface area contributed by atoms with Gasteiger partial charge in [0.2, 0.25) is 5.95 Å². The van der Waals surface area contributed by atoms with Gasteiger partial charge in [-0.15, -0.1) is 0 Å². The predicted octanol–water partition coefficient (Wildman–Crippen LogP) is 3.11. The summed E-state index contributed by atoms with van der Waals surface area (Å²) in [6, 6.07) is 5.62. The third kappa shape index (κ3) is 6.67. The number of hydrogen-bond acceptors (Lipinski definition) is 4. The average molecular weight is 398 g/mol. The molecule has 0 aliphatic carbocycles. The second-order valence-electron chi connectivity index (χ2n) is 5.90. The number of anilines is 1. The van der Waals surface area contributed by atoms with E-state index in [1.54, 1.807) is 19.1 Å². The van der Waals surface area contributed by atoms with Gasteiger partial charge in [0.05, 0.1) is 6.54 Å². The van der Waals surface area contributed by atoms with Crippen molar-refractivity contribution in [3.63, 3.8) is 0 Å². The summed E-state index contributed by atoms with van der Waals surface area (Å²) in [6.07, 6.45) is -3.46. The molecular formula is C18H22F4N6. The van der Waals surface area contributed by atoms with Crippen molar-refractivity contribution in [1.82, 2.24) is 20.6 Å². The van der Waals surface area contributed by atoms with Crippen LogP contribution in [-0.2, 0) is 12.7 Å². The first kappa shape index (κ1) is 21.4. The highest BCUT2D eigenvalue weighted by Gasteiger charge is 2.32. The fourth-order valence-corrected chi connectivity index (χ4v) is 2.27. The molecule has 0 fully saturated rings. The number of nitrogens with zero attached hydrogens (tertiary/aromatic N) is 3. The van der Waals surface area contributed by atoms with Crippen LogP contribution in [0.1, 0.15) is 23.7 Å². The lowest BCUT2D eigenvalue weighted by Crippen LogP contribution is -2.39. The van der Waals surface area contributed by atoms with Gasteiger partial charge in [-0.25, -0.2) is 19.4 Å². The lowest BCUT2D eigenvalue weighted by Gasteiger charge is -2.12. The molecule has 0 amide bonds. The summed E-state index contributed by atoms with van der Waals surface area (Å²) in [5, 5.41) is 8.85. The molecule has 6 nitrogen and oxygen atoms in total. The van der Waals surface area contributed by atoms with Crippen LogP contribution >= 0.6 is 0 Å². The van der Waals surface area contributed by atoms with Crippen LogP contribution in [0.2, 0.25) is 0 Å². The molecule has 1 heterocycles. The highest BCUT2D eigenvalue weighted by atomic mass is 19.4. The Bertz CT molecular complexity index is 807. The summed E-state index contributed by atoms with van der Waals surface area (Å²) < 4.78 is 51.2. The number of guanidine groups is 1. The van der Waals surface area contributed by atoms with Crippen molar-refractivity contribution in [2.24, 2.45) is 4.99 Å². The molecule has 0 aliphatic rings. The van der Waals surface area contributed by atoms with Crippen molar-refractivity contribution in [3.05, 3.63) is 53.1 Å². The quantitative estimate of drug-likeness (QED) is 0.289. The Morgan fingerprint density at radius 3 is 2.61 bits per heavy atom. The third-order valence-corrected chi connectivity index (χ3v) is 3.63. The first-order chi connectivity index (χ1) is 13.3. The molecule has 0 spiro atoms. The molecule has 2 rings (SSSR count). The minimum absolute atomic E-state index is 0.0969. The average Bonchev–Trinajstić information content (AvgIpc) is 2.65. The lowest BCUT2D eigenvalue weighted by atomic mass is 10.1. The Hall–Kier alpha value is -2.91. The number of nitrogens with one attached hydrogen (secondary N) is 3. The van der Waals surface area contributed by atoms with Crippen molar-refractivity contribution in [1.29, 1.82) is 0 Å². The lowest BCUT2D eigenvalue weighted by molar-refractivity contribution is -0.141. The smallest absolute Gasteiger partial charge is 0.357 e. The first-order valence-electron chi connectivity index (χ1n) is 8.71. The maximum Gasteiger partial charge on any atom is 0.433 e. The Morgan fingerprint density at radius 1 is 1.14 bits per heavy atom. The summed E-state index contributed by atoms with van der Waals surface area (Å²) in [6.45, 7) is 5.27. The molecular weight excluding hydrogens is 376 g/mol. The van der Waals surface area contributed by atoms with Crippen molar-refractivity contribution < 1.29 is 17.6 Å². The molecule has 1 aromatic carbocycles. The minimum Gasteiger partial charge on any atom is -0.357 e. The van der Waals surface area contributed by atoms with Crippen LogP contribution < -0.4 is 16.0 Å². The minimum atomic E-state index is -4.51. The van der Waals surface area contributed by atoms with Gasteiger partial charge in [-0.1, -0.05) is 12.1 Å². The van der Waals surface area contributed by atoms with Gasteiger partial charge in [-0.3, -0.25) is 0 Å². The van der Waals surface area contributed by atoms with Crippen LogP contribution in [-0.4, -0.2) is 35.6 Å². The van der Waals surface area contributed by atoms with Crippen molar-refractivity contribution >= 4 is 11.9 Å². The van der Waals surface area contributed by atoms with Crippen LogP contribution in [0.5, 0.6) is 0 Å². The molecule has 3 N–H and O–H groups in total. The number of benzene rings is 1. The number of aromatic nitrogens is 2. The Balaban J connectivity index is 1.87. The number of halogens is 4. The van der Waals surface area contributed by atoms with E-state index in [9.17, 15) is 17.6 Å². The van der Waals surface area contributed by atoms with Gasteiger partial charge >= 0.3 is 6.18 Å². The number of alkyl halides is 3. The van der Waals surface area contributed by atoms with Gasteiger partial charge in [0.1, 0.15) is 11.5 Å². The topological polar surface area (TPSA) is 74.2 Å². The van der Waals surface area contributed by atoms with Crippen LogP contribution in [0.3, 0.4) is 0 Å². The second kappa shape index (κ2) is 9.86. The molecule has 0 atom stereocenters. The number of aryl methyl sites for hydroxylation is 1. The summed E-state index contributed by atoms with van der Waals surface area (Å²) in [5.41, 5.74) is 0.421. The van der Waals surface area contributed by atoms with E-state index >= 15 is 0 Å². The molecule has 0 saturated heterocycles. The normalized spacial score (nSPS) is 12.0. The highest BCUT2D eigenvalue weighted by Crippen LogP contribution is 2.27. The largest absolute Gasteiger partial charge is 0.433 e. The zero-order valence-corrected chi connectivity index (χ0v) is 15.6. The van der Waals surface area contributed by atoms with E-state index in [0.29, 0.717) is 37.7 Å². The first-order valence-corrected chi connectivity index (χ1v) is 8.71. The molecule has 0 unspecified atom stereocenters. The van der Waals surface area contributed by atoms with E-state index < -0.39 is 11.9 Å². The summed E-state index contributed by atoms with van der Waals surface area (Å²) in [4.78, 5) is 11.6. The van der Waals surface area contributed by atoms with Crippen LogP contribution in [0.15, 0.2) is 35.5 Å². The SMILES string of the molecule is CCNC(=NCc1ccc(F)c(C)c1)NCCNc1nccc(C(F)(F)F)n1. The number of rotatable bonds is 7. The fraction of sp³-hybridized carbons (Fsp3) is 0.389. The maximum absolute atomic E-state index is 13.3. The summed E-state index contributed by atoms with van der Waals surface area (Å²) in [5.74, 6) is 0.178. The van der Waals surface area contributed by atoms with Gasteiger partial charge < -0.3 is 16.0 Å². The molecule has 0 radical (unpaired) electrons. The zero-order valence-electron chi connectivity index (χ0n) is 15.6. The maximum atomic E-state index is 13.3. The van der Waals surface area contributed by atoms with E-state index in [-0.39, 0.29) is 11.8 Å². The van der Waals surface area contributed by atoms with Gasteiger partial charge in [-0.2, -0.15) is 13.2 Å². The van der Waals surface area contributed by atoms with Gasteiger partial charge in [0.15, 0.2) is 5.96 Å². The number of hydrogen-bond donors (Lipinski definition) is 3.